The average molecular weight is 415 g/mol. The highest BCUT2D eigenvalue weighted by Gasteiger charge is 2.38. The van der Waals surface area contributed by atoms with Crippen LogP contribution in [-0.2, 0) is 22.6 Å². The smallest absolute Gasteiger partial charge is 0.352 e. The molecule has 2 amide bonds. The lowest BCUT2D eigenvalue weighted by atomic mass is 10.1. The van der Waals surface area contributed by atoms with Crippen molar-refractivity contribution in [3.8, 4) is 0 Å². The van der Waals surface area contributed by atoms with Crippen LogP contribution in [0.3, 0.4) is 0 Å². The van der Waals surface area contributed by atoms with Gasteiger partial charge in [0, 0.05) is 16.7 Å². The van der Waals surface area contributed by atoms with Crippen LogP contribution in [0.2, 0.25) is 0 Å². The molecule has 0 saturated heterocycles. The molecule has 4 nitrogen and oxygen atoms in total. The molecule has 0 saturated carbocycles. The Morgan fingerprint density at radius 3 is 2.44 bits per heavy atom. The van der Waals surface area contributed by atoms with Crippen molar-refractivity contribution < 1.29 is 22.8 Å². The molecule has 0 bridgehead atoms. The summed E-state index contributed by atoms with van der Waals surface area (Å²) < 4.78 is 38.0. The number of rotatable bonds is 5. The predicted molar refractivity (Wildman–Crippen MR) is 90.8 cm³/mol. The number of hydrogen-bond donors (Lipinski definition) is 2. The summed E-state index contributed by atoms with van der Waals surface area (Å²) in [6.07, 6.45) is -4.84. The first-order chi connectivity index (χ1) is 11.8. The highest BCUT2D eigenvalue weighted by molar-refractivity contribution is 9.10. The van der Waals surface area contributed by atoms with Crippen LogP contribution in [0.5, 0.6) is 0 Å². The number of halogens is 4. The Hall–Kier alpha value is -2.35. The lowest BCUT2D eigenvalue weighted by Crippen LogP contribution is -2.31. The van der Waals surface area contributed by atoms with Crippen LogP contribution in [0.25, 0.3) is 0 Å². The van der Waals surface area contributed by atoms with Crippen LogP contribution in [0, 0.1) is 0 Å². The summed E-state index contributed by atoms with van der Waals surface area (Å²) in [6.45, 7) is 0.00114. The van der Waals surface area contributed by atoms with E-state index in [0.717, 1.165) is 10.0 Å². The van der Waals surface area contributed by atoms with Crippen LogP contribution in [0.4, 0.5) is 18.9 Å². The fraction of sp³-hybridized carbons (Fsp3) is 0.176. The van der Waals surface area contributed by atoms with E-state index >= 15 is 0 Å². The molecule has 0 unspecified atom stereocenters. The van der Waals surface area contributed by atoms with Crippen LogP contribution < -0.4 is 10.6 Å². The zero-order chi connectivity index (χ0) is 18.4. The van der Waals surface area contributed by atoms with Gasteiger partial charge in [-0.25, -0.2) is 0 Å². The number of para-hydroxylation sites is 1. The Morgan fingerprint density at radius 2 is 1.76 bits per heavy atom. The second-order valence-corrected chi connectivity index (χ2v) is 6.11. The number of hydrogen-bond acceptors (Lipinski definition) is 2. The molecule has 0 aromatic heterocycles. The molecule has 0 radical (unpaired) electrons. The molecule has 0 atom stereocenters. The van der Waals surface area contributed by atoms with Crippen molar-refractivity contribution in [1.29, 1.82) is 0 Å². The van der Waals surface area contributed by atoms with E-state index in [2.05, 4.69) is 21.2 Å². The molecule has 0 spiro atoms. The van der Waals surface area contributed by atoms with E-state index in [-0.39, 0.29) is 24.6 Å². The van der Waals surface area contributed by atoms with Gasteiger partial charge in [-0.3, -0.25) is 9.59 Å². The molecular formula is C17H14BrF3N2O2. The minimum atomic E-state index is -4.98. The Labute approximate surface area is 150 Å². The minimum absolute atomic E-state index is 0.00114. The molecule has 2 N–H and O–H groups in total. The van der Waals surface area contributed by atoms with Crippen molar-refractivity contribution in [2.75, 3.05) is 5.32 Å². The number of nitrogens with one attached hydrogen (secondary N) is 2. The molecule has 8 heteroatoms. The average Bonchev–Trinajstić information content (AvgIpc) is 2.53. The summed E-state index contributed by atoms with van der Waals surface area (Å²) in [5, 5.41) is 4.44. The van der Waals surface area contributed by atoms with Crippen molar-refractivity contribution >= 4 is 33.4 Å². The Balaban J connectivity index is 1.98. The van der Waals surface area contributed by atoms with E-state index in [0.29, 0.717) is 5.56 Å². The molecular weight excluding hydrogens is 401 g/mol. The van der Waals surface area contributed by atoms with E-state index < -0.39 is 12.1 Å². The normalized spacial score (nSPS) is 11.0. The molecule has 0 aliphatic heterocycles. The lowest BCUT2D eigenvalue weighted by molar-refractivity contribution is -0.167. The SMILES string of the molecule is O=C(Cc1cccc(Br)c1)NCc1ccccc1NC(=O)C(F)(F)F. The van der Waals surface area contributed by atoms with Crippen LogP contribution >= 0.6 is 15.9 Å². The molecule has 2 aromatic rings. The van der Waals surface area contributed by atoms with Gasteiger partial charge in [-0.1, -0.05) is 46.3 Å². The molecule has 0 aliphatic rings. The summed E-state index contributed by atoms with van der Waals surface area (Å²) in [6, 6.07) is 13.2. The molecule has 0 fully saturated rings. The number of carbonyl (C=O) groups excluding carboxylic acids is 2. The Bertz CT molecular complexity index is 778. The third-order valence-corrected chi connectivity index (χ3v) is 3.75. The van der Waals surface area contributed by atoms with Crippen molar-refractivity contribution in [1.82, 2.24) is 5.32 Å². The predicted octanol–water partition coefficient (Wildman–Crippen LogP) is 3.81. The standard InChI is InChI=1S/C17H14BrF3N2O2/c18-13-6-3-4-11(8-13)9-15(24)22-10-12-5-1-2-7-14(12)23-16(25)17(19,20)21/h1-8H,9-10H2,(H,22,24)(H,23,25). The molecule has 132 valence electrons. The first-order valence-corrected chi connectivity index (χ1v) is 8.02. The summed E-state index contributed by atoms with van der Waals surface area (Å²) in [4.78, 5) is 23.1. The van der Waals surface area contributed by atoms with Gasteiger partial charge in [-0.15, -0.1) is 0 Å². The number of anilines is 1. The van der Waals surface area contributed by atoms with Crippen LogP contribution in [0.15, 0.2) is 53.0 Å². The summed E-state index contributed by atoms with van der Waals surface area (Å²) in [5.74, 6) is -2.34. The summed E-state index contributed by atoms with van der Waals surface area (Å²) in [7, 11) is 0. The zero-order valence-corrected chi connectivity index (χ0v) is 14.4. The van der Waals surface area contributed by atoms with Crippen LogP contribution in [-0.4, -0.2) is 18.0 Å². The second-order valence-electron chi connectivity index (χ2n) is 5.19. The summed E-state index contributed by atoms with van der Waals surface area (Å²) >= 11 is 3.31. The molecule has 25 heavy (non-hydrogen) atoms. The maximum atomic E-state index is 12.4. The second kappa shape index (κ2) is 8.15. The quantitative estimate of drug-likeness (QED) is 0.781. The number of amides is 2. The first kappa shape index (κ1) is 19.0. The first-order valence-electron chi connectivity index (χ1n) is 7.23. The third-order valence-electron chi connectivity index (χ3n) is 3.25. The van der Waals surface area contributed by atoms with Gasteiger partial charge in [0.25, 0.3) is 0 Å². The van der Waals surface area contributed by atoms with Crippen molar-refractivity contribution in [2.24, 2.45) is 0 Å². The Kier molecular flexibility index (Phi) is 6.19. The largest absolute Gasteiger partial charge is 0.471 e. The van der Waals surface area contributed by atoms with Gasteiger partial charge >= 0.3 is 12.1 Å². The van der Waals surface area contributed by atoms with Gasteiger partial charge in [0.2, 0.25) is 5.91 Å². The van der Waals surface area contributed by atoms with Gasteiger partial charge in [-0.2, -0.15) is 13.2 Å². The van der Waals surface area contributed by atoms with Gasteiger partial charge in [0.15, 0.2) is 0 Å². The fourth-order valence-electron chi connectivity index (χ4n) is 2.08. The minimum Gasteiger partial charge on any atom is -0.352 e. The Morgan fingerprint density at radius 1 is 1.04 bits per heavy atom. The van der Waals surface area contributed by atoms with Gasteiger partial charge < -0.3 is 10.6 Å². The zero-order valence-electron chi connectivity index (χ0n) is 12.9. The highest BCUT2D eigenvalue weighted by atomic mass is 79.9. The van der Waals surface area contributed by atoms with Gasteiger partial charge in [0.05, 0.1) is 6.42 Å². The monoisotopic (exact) mass is 414 g/mol. The molecule has 0 heterocycles. The topological polar surface area (TPSA) is 58.2 Å². The molecule has 0 aliphatic carbocycles. The van der Waals surface area contributed by atoms with E-state index in [1.54, 1.807) is 24.3 Å². The number of carbonyl (C=O) groups is 2. The van der Waals surface area contributed by atoms with Crippen molar-refractivity contribution in [3.05, 3.63) is 64.1 Å². The maximum absolute atomic E-state index is 12.4. The lowest BCUT2D eigenvalue weighted by Gasteiger charge is -2.13. The number of benzene rings is 2. The van der Waals surface area contributed by atoms with E-state index in [4.69, 9.17) is 0 Å². The third kappa shape index (κ3) is 5.90. The highest BCUT2D eigenvalue weighted by Crippen LogP contribution is 2.21. The summed E-state index contributed by atoms with van der Waals surface area (Å²) in [5.41, 5.74) is 1.18. The van der Waals surface area contributed by atoms with E-state index in [1.165, 1.54) is 18.2 Å². The van der Waals surface area contributed by atoms with Gasteiger partial charge in [-0.05, 0) is 29.3 Å². The molecule has 2 aromatic carbocycles. The number of alkyl halides is 3. The van der Waals surface area contributed by atoms with Crippen molar-refractivity contribution in [2.45, 2.75) is 19.1 Å². The van der Waals surface area contributed by atoms with E-state index in [1.807, 2.05) is 11.4 Å². The fourth-order valence-corrected chi connectivity index (χ4v) is 2.52. The van der Waals surface area contributed by atoms with E-state index in [9.17, 15) is 22.8 Å². The van der Waals surface area contributed by atoms with Gasteiger partial charge in [0.1, 0.15) is 0 Å². The van der Waals surface area contributed by atoms with Crippen molar-refractivity contribution in [3.63, 3.8) is 0 Å². The maximum Gasteiger partial charge on any atom is 0.471 e. The van der Waals surface area contributed by atoms with Crippen LogP contribution in [0.1, 0.15) is 11.1 Å². The molecule has 2 rings (SSSR count).